The molecular weight excluding hydrogens is 400 g/mol. The van der Waals surface area contributed by atoms with Crippen LogP contribution in [0.1, 0.15) is 28.9 Å². The molecule has 0 bridgehead atoms. The number of anilines is 2. The highest BCUT2D eigenvalue weighted by molar-refractivity contribution is 6.33. The van der Waals surface area contributed by atoms with Gasteiger partial charge in [0.15, 0.2) is 0 Å². The Bertz CT molecular complexity index is 1270. The van der Waals surface area contributed by atoms with Gasteiger partial charge >= 0.3 is 5.63 Å². The molecule has 1 amide bonds. The standard InChI is InChI=1S/C24H19ClN2O3/c1-15(16-7-3-2-4-8-16)26-21-12-11-18(14-20(21)25)27-23(28)19-13-17-9-5-6-10-22(17)30-24(19)29/h2-15,26H,1H3,(H,27,28). The lowest BCUT2D eigenvalue weighted by atomic mass is 10.1. The summed E-state index contributed by atoms with van der Waals surface area (Å²) in [5, 5.41) is 7.20. The molecule has 0 saturated carbocycles. The van der Waals surface area contributed by atoms with Crippen LogP contribution in [0.25, 0.3) is 11.0 Å². The topological polar surface area (TPSA) is 71.3 Å². The van der Waals surface area contributed by atoms with E-state index < -0.39 is 11.5 Å². The van der Waals surface area contributed by atoms with Gasteiger partial charge < -0.3 is 15.1 Å². The number of hydrogen-bond donors (Lipinski definition) is 2. The van der Waals surface area contributed by atoms with Crippen LogP contribution in [0.5, 0.6) is 0 Å². The second kappa shape index (κ2) is 8.43. The molecule has 0 saturated heterocycles. The molecule has 0 aliphatic rings. The van der Waals surface area contributed by atoms with Gasteiger partial charge in [0.2, 0.25) is 0 Å². The Morgan fingerprint density at radius 2 is 1.70 bits per heavy atom. The average Bonchev–Trinajstić information content (AvgIpc) is 2.75. The number of halogens is 1. The van der Waals surface area contributed by atoms with Gasteiger partial charge in [0.1, 0.15) is 11.1 Å². The molecule has 0 fully saturated rings. The van der Waals surface area contributed by atoms with Crippen molar-refractivity contribution in [1.82, 2.24) is 0 Å². The minimum atomic E-state index is -0.688. The van der Waals surface area contributed by atoms with E-state index in [2.05, 4.69) is 10.6 Å². The molecule has 4 rings (SSSR count). The van der Waals surface area contributed by atoms with Crippen molar-refractivity contribution in [3.05, 3.63) is 105 Å². The van der Waals surface area contributed by atoms with Crippen LogP contribution >= 0.6 is 11.6 Å². The Morgan fingerprint density at radius 3 is 2.47 bits per heavy atom. The van der Waals surface area contributed by atoms with Gasteiger partial charge in [-0.05, 0) is 42.8 Å². The fraction of sp³-hybridized carbons (Fsp3) is 0.0833. The van der Waals surface area contributed by atoms with Gasteiger partial charge in [-0.3, -0.25) is 4.79 Å². The highest BCUT2D eigenvalue weighted by Gasteiger charge is 2.15. The number of carbonyl (C=O) groups is 1. The van der Waals surface area contributed by atoms with Crippen LogP contribution < -0.4 is 16.3 Å². The van der Waals surface area contributed by atoms with Crippen molar-refractivity contribution in [1.29, 1.82) is 0 Å². The molecule has 1 heterocycles. The van der Waals surface area contributed by atoms with E-state index in [0.717, 1.165) is 11.3 Å². The number of hydrogen-bond acceptors (Lipinski definition) is 4. The van der Waals surface area contributed by atoms with Crippen LogP contribution in [0.15, 0.2) is 88.1 Å². The molecule has 150 valence electrons. The molecule has 1 aromatic heterocycles. The number of para-hydroxylation sites is 1. The van der Waals surface area contributed by atoms with Crippen LogP contribution in [-0.2, 0) is 0 Å². The second-order valence-corrected chi connectivity index (χ2v) is 7.32. The smallest absolute Gasteiger partial charge is 0.349 e. The molecule has 0 spiro atoms. The molecule has 0 aliphatic carbocycles. The van der Waals surface area contributed by atoms with Crippen molar-refractivity contribution in [3.63, 3.8) is 0 Å². The lowest BCUT2D eigenvalue weighted by Gasteiger charge is -2.17. The third kappa shape index (κ3) is 4.21. The Labute approximate surface area is 178 Å². The largest absolute Gasteiger partial charge is 0.422 e. The number of amides is 1. The van der Waals surface area contributed by atoms with Crippen LogP contribution in [0.3, 0.4) is 0 Å². The lowest BCUT2D eigenvalue weighted by Crippen LogP contribution is -2.20. The van der Waals surface area contributed by atoms with Gasteiger partial charge in [0.25, 0.3) is 5.91 Å². The number of benzene rings is 3. The molecule has 1 atom stereocenters. The van der Waals surface area contributed by atoms with E-state index in [-0.39, 0.29) is 11.6 Å². The summed E-state index contributed by atoms with van der Waals surface area (Å²) in [5.41, 5.74) is 2.04. The molecule has 3 aromatic carbocycles. The van der Waals surface area contributed by atoms with Crippen molar-refractivity contribution in [3.8, 4) is 0 Å². The molecule has 2 N–H and O–H groups in total. The van der Waals surface area contributed by atoms with Gasteiger partial charge in [-0.15, -0.1) is 0 Å². The fourth-order valence-corrected chi connectivity index (χ4v) is 3.42. The summed E-state index contributed by atoms with van der Waals surface area (Å²) in [7, 11) is 0. The van der Waals surface area contributed by atoms with Gasteiger partial charge in [-0.1, -0.05) is 60.1 Å². The van der Waals surface area contributed by atoms with E-state index in [0.29, 0.717) is 21.7 Å². The average molecular weight is 419 g/mol. The fourth-order valence-electron chi connectivity index (χ4n) is 3.19. The first-order valence-corrected chi connectivity index (χ1v) is 9.84. The van der Waals surface area contributed by atoms with Crippen LogP contribution in [0.4, 0.5) is 11.4 Å². The number of fused-ring (bicyclic) bond motifs is 1. The predicted molar refractivity (Wildman–Crippen MR) is 120 cm³/mol. The van der Waals surface area contributed by atoms with Crippen molar-refractivity contribution >= 4 is 39.9 Å². The maximum absolute atomic E-state index is 12.6. The van der Waals surface area contributed by atoms with Gasteiger partial charge in [-0.2, -0.15) is 0 Å². The van der Waals surface area contributed by atoms with E-state index in [4.69, 9.17) is 16.0 Å². The molecule has 4 aromatic rings. The van der Waals surface area contributed by atoms with Gasteiger partial charge in [0, 0.05) is 17.1 Å². The summed E-state index contributed by atoms with van der Waals surface area (Å²) < 4.78 is 5.23. The quantitative estimate of drug-likeness (QED) is 0.397. The summed E-state index contributed by atoms with van der Waals surface area (Å²) >= 11 is 6.41. The lowest BCUT2D eigenvalue weighted by molar-refractivity contribution is 0.102. The molecule has 5 nitrogen and oxygen atoms in total. The minimum absolute atomic E-state index is 0.0615. The van der Waals surface area contributed by atoms with E-state index in [1.807, 2.05) is 43.3 Å². The van der Waals surface area contributed by atoms with E-state index in [1.54, 1.807) is 36.4 Å². The summed E-state index contributed by atoms with van der Waals surface area (Å²) in [4.78, 5) is 24.8. The monoisotopic (exact) mass is 418 g/mol. The van der Waals surface area contributed by atoms with Gasteiger partial charge in [-0.25, -0.2) is 4.79 Å². The maximum atomic E-state index is 12.6. The van der Waals surface area contributed by atoms with Crippen molar-refractivity contribution in [2.45, 2.75) is 13.0 Å². The predicted octanol–water partition coefficient (Wildman–Crippen LogP) is 5.87. The van der Waals surface area contributed by atoms with Gasteiger partial charge in [0.05, 0.1) is 10.7 Å². The van der Waals surface area contributed by atoms with Crippen LogP contribution in [0.2, 0.25) is 5.02 Å². The summed E-state index contributed by atoms with van der Waals surface area (Å²) in [6.07, 6.45) is 0. The van der Waals surface area contributed by atoms with E-state index >= 15 is 0 Å². The van der Waals surface area contributed by atoms with Crippen molar-refractivity contribution in [2.24, 2.45) is 0 Å². The Hall–Kier alpha value is -3.57. The third-order valence-corrected chi connectivity index (χ3v) is 5.10. The van der Waals surface area contributed by atoms with E-state index in [9.17, 15) is 9.59 Å². The Kier molecular flexibility index (Phi) is 5.55. The molecule has 30 heavy (non-hydrogen) atoms. The maximum Gasteiger partial charge on any atom is 0.349 e. The first-order valence-electron chi connectivity index (χ1n) is 9.46. The second-order valence-electron chi connectivity index (χ2n) is 6.91. The molecule has 0 aliphatic heterocycles. The zero-order valence-corrected chi connectivity index (χ0v) is 16.9. The first-order chi connectivity index (χ1) is 14.5. The van der Waals surface area contributed by atoms with E-state index in [1.165, 1.54) is 6.07 Å². The van der Waals surface area contributed by atoms with Crippen molar-refractivity contribution in [2.75, 3.05) is 10.6 Å². The summed E-state index contributed by atoms with van der Waals surface area (Å²) in [5.74, 6) is -0.552. The molecular formula is C24H19ClN2O3. The zero-order chi connectivity index (χ0) is 21.1. The normalized spacial score (nSPS) is 11.8. The van der Waals surface area contributed by atoms with Crippen LogP contribution in [-0.4, -0.2) is 5.91 Å². The number of carbonyl (C=O) groups excluding carboxylic acids is 1. The molecule has 6 heteroatoms. The van der Waals surface area contributed by atoms with Crippen LogP contribution in [0, 0.1) is 0 Å². The summed E-state index contributed by atoms with van der Waals surface area (Å²) in [6.45, 7) is 2.04. The highest BCUT2D eigenvalue weighted by atomic mass is 35.5. The van der Waals surface area contributed by atoms with Crippen molar-refractivity contribution < 1.29 is 9.21 Å². The first kappa shape index (κ1) is 19.7. The molecule has 1 unspecified atom stereocenters. The molecule has 0 radical (unpaired) electrons. The number of nitrogens with one attached hydrogen (secondary N) is 2. The Balaban J connectivity index is 1.51. The number of rotatable bonds is 5. The highest BCUT2D eigenvalue weighted by Crippen LogP contribution is 2.29. The Morgan fingerprint density at radius 1 is 0.967 bits per heavy atom. The minimum Gasteiger partial charge on any atom is -0.422 e. The zero-order valence-electron chi connectivity index (χ0n) is 16.2. The summed E-state index contributed by atoms with van der Waals surface area (Å²) in [6, 6.07) is 23.8. The SMILES string of the molecule is CC(Nc1ccc(NC(=O)c2cc3ccccc3oc2=O)cc1Cl)c1ccccc1. The third-order valence-electron chi connectivity index (χ3n) is 4.78.